The van der Waals surface area contributed by atoms with Crippen LogP contribution in [0.4, 0.5) is 0 Å². The first-order valence-corrected chi connectivity index (χ1v) is 15.5. The Hall–Kier alpha value is -1.14. The fourth-order valence-corrected chi connectivity index (χ4v) is 4.60. The van der Waals surface area contributed by atoms with Gasteiger partial charge in [0.2, 0.25) is 0 Å². The Bertz CT molecular complexity index is 546. The molecule has 0 saturated carbocycles. The van der Waals surface area contributed by atoms with Crippen molar-refractivity contribution in [3.63, 3.8) is 0 Å². The summed E-state index contributed by atoms with van der Waals surface area (Å²) in [4.78, 5) is 34.8. The van der Waals surface area contributed by atoms with Crippen LogP contribution in [0.5, 0.6) is 0 Å². The number of carbonyl (C=O) groups excluding carboxylic acids is 3. The van der Waals surface area contributed by atoms with Crippen LogP contribution in [0.25, 0.3) is 0 Å². The second-order valence-electron chi connectivity index (χ2n) is 10.7. The smallest absolute Gasteiger partial charge is 0.305 e. The third-order valence-electron chi connectivity index (χ3n) is 7.13. The summed E-state index contributed by atoms with van der Waals surface area (Å²) in [6.07, 6.45) is 23.5. The molecule has 0 amide bonds. The van der Waals surface area contributed by atoms with Crippen molar-refractivity contribution in [3.8, 4) is 0 Å². The van der Waals surface area contributed by atoms with Gasteiger partial charge in [-0.25, -0.2) is 0 Å². The van der Waals surface area contributed by atoms with Gasteiger partial charge in [-0.1, -0.05) is 110 Å². The maximum atomic E-state index is 12.0. The van der Waals surface area contributed by atoms with Gasteiger partial charge in [-0.2, -0.15) is 0 Å². The summed E-state index contributed by atoms with van der Waals surface area (Å²) in [5.41, 5.74) is 6.08. The number of aldehydes is 1. The summed E-state index contributed by atoms with van der Waals surface area (Å²) < 4.78 is 10.6. The Balaban J connectivity index is 0. The minimum atomic E-state index is -0.186. The fourth-order valence-electron chi connectivity index (χ4n) is 4.60. The number of ether oxygens (including phenoxy) is 2. The van der Waals surface area contributed by atoms with Crippen LogP contribution in [-0.4, -0.2) is 37.5 Å². The number of esters is 2. The van der Waals surface area contributed by atoms with Crippen LogP contribution in [0.2, 0.25) is 0 Å². The van der Waals surface area contributed by atoms with Crippen molar-refractivity contribution >= 4 is 30.6 Å². The van der Waals surface area contributed by atoms with Gasteiger partial charge in [-0.15, -0.1) is 12.4 Å². The van der Waals surface area contributed by atoms with Gasteiger partial charge in [0.1, 0.15) is 6.29 Å². The van der Waals surface area contributed by atoms with Gasteiger partial charge < -0.3 is 20.0 Å². The Kier molecular flexibility index (Phi) is 31.2. The normalized spacial score (nSPS) is 12.4. The van der Waals surface area contributed by atoms with E-state index >= 15 is 0 Å². The van der Waals surface area contributed by atoms with E-state index in [1.54, 1.807) is 0 Å². The van der Waals surface area contributed by atoms with E-state index in [0.29, 0.717) is 51.2 Å². The molecule has 0 fully saturated rings. The quantitative estimate of drug-likeness (QED) is 0.0586. The molecule has 0 bridgehead atoms. The third kappa shape index (κ3) is 27.9. The molecule has 0 rings (SSSR count). The maximum Gasteiger partial charge on any atom is 0.305 e. The second kappa shape index (κ2) is 30.4. The van der Waals surface area contributed by atoms with Gasteiger partial charge in [0.05, 0.1) is 13.2 Å². The molecule has 7 heteroatoms. The van der Waals surface area contributed by atoms with Crippen LogP contribution in [0.1, 0.15) is 155 Å². The van der Waals surface area contributed by atoms with Gasteiger partial charge in [-0.05, 0) is 31.6 Å². The van der Waals surface area contributed by atoms with Crippen LogP contribution >= 0.6 is 12.4 Å². The average molecular weight is 562 g/mol. The number of halogens is 1. The number of unbranched alkanes of at least 4 members (excludes halogenated alkanes) is 12. The van der Waals surface area contributed by atoms with E-state index in [-0.39, 0.29) is 30.4 Å². The largest absolute Gasteiger partial charge is 0.466 e. The summed E-state index contributed by atoms with van der Waals surface area (Å²) in [6.45, 7) is 5.06. The molecule has 0 aromatic rings. The van der Waals surface area contributed by atoms with E-state index in [9.17, 15) is 14.4 Å². The first-order chi connectivity index (χ1) is 18.0. The van der Waals surface area contributed by atoms with Crippen molar-refractivity contribution < 1.29 is 23.9 Å². The highest BCUT2D eigenvalue weighted by Crippen LogP contribution is 2.20. The number of nitrogens with two attached hydrogens (primary N) is 1. The van der Waals surface area contributed by atoms with Crippen molar-refractivity contribution in [2.45, 2.75) is 161 Å². The lowest BCUT2D eigenvalue weighted by molar-refractivity contribution is -0.144. The van der Waals surface area contributed by atoms with Gasteiger partial charge >= 0.3 is 11.9 Å². The monoisotopic (exact) mass is 561 g/mol. The highest BCUT2D eigenvalue weighted by molar-refractivity contribution is 5.85. The molecule has 6 nitrogen and oxygen atoms in total. The lowest BCUT2D eigenvalue weighted by atomic mass is 9.92. The molecule has 2 atom stereocenters. The van der Waals surface area contributed by atoms with Crippen molar-refractivity contribution in [1.29, 1.82) is 0 Å². The van der Waals surface area contributed by atoms with E-state index in [0.717, 1.165) is 44.8 Å². The van der Waals surface area contributed by atoms with E-state index < -0.39 is 0 Å². The van der Waals surface area contributed by atoms with Gasteiger partial charge in [0.25, 0.3) is 0 Å². The van der Waals surface area contributed by atoms with Gasteiger partial charge in [-0.3, -0.25) is 9.59 Å². The predicted octanol–water partition coefficient (Wildman–Crippen LogP) is 8.26. The highest BCUT2D eigenvalue weighted by atomic mass is 35.5. The molecule has 0 saturated heterocycles. The third-order valence-corrected chi connectivity index (χ3v) is 7.13. The molecule has 0 radical (unpaired) electrons. The summed E-state index contributed by atoms with van der Waals surface area (Å²) in [5, 5.41) is 0. The second-order valence-corrected chi connectivity index (χ2v) is 10.7. The van der Waals surface area contributed by atoms with Crippen LogP contribution in [-0.2, 0) is 23.9 Å². The molecule has 0 aliphatic heterocycles. The Morgan fingerprint density at radius 1 is 0.632 bits per heavy atom. The maximum absolute atomic E-state index is 12.0. The molecule has 0 heterocycles. The molecule has 0 aromatic heterocycles. The zero-order valence-corrected chi connectivity index (χ0v) is 25.5. The van der Waals surface area contributed by atoms with Gasteiger partial charge in [0.15, 0.2) is 0 Å². The molecule has 0 aromatic carbocycles. The molecular formula is C31H60ClNO5. The van der Waals surface area contributed by atoms with Crippen molar-refractivity contribution in [1.82, 2.24) is 0 Å². The van der Waals surface area contributed by atoms with Crippen molar-refractivity contribution in [3.05, 3.63) is 0 Å². The zero-order valence-electron chi connectivity index (χ0n) is 24.7. The van der Waals surface area contributed by atoms with Gasteiger partial charge in [0, 0.05) is 25.3 Å². The fraction of sp³-hybridized carbons (Fsp3) is 0.903. The number of carbonyl (C=O) groups is 3. The van der Waals surface area contributed by atoms with Crippen molar-refractivity contribution in [2.75, 3.05) is 13.2 Å². The minimum absolute atomic E-state index is 0. The first kappa shape index (κ1) is 39.0. The van der Waals surface area contributed by atoms with E-state index in [1.165, 1.54) is 70.6 Å². The van der Waals surface area contributed by atoms with Crippen molar-refractivity contribution in [2.24, 2.45) is 11.7 Å². The Morgan fingerprint density at radius 3 is 1.50 bits per heavy atom. The summed E-state index contributed by atoms with van der Waals surface area (Å²) in [7, 11) is 0. The predicted molar refractivity (Wildman–Crippen MR) is 160 cm³/mol. The van der Waals surface area contributed by atoms with E-state index in [2.05, 4.69) is 13.8 Å². The van der Waals surface area contributed by atoms with E-state index in [1.807, 2.05) is 0 Å². The number of hydrogen-bond acceptors (Lipinski definition) is 6. The first-order valence-electron chi connectivity index (χ1n) is 15.5. The number of hydrogen-bond donors (Lipinski definition) is 1. The molecule has 0 aliphatic rings. The molecule has 38 heavy (non-hydrogen) atoms. The summed E-state index contributed by atoms with van der Waals surface area (Å²) in [6, 6.07) is -0.148. The van der Waals surface area contributed by atoms with Crippen LogP contribution in [0.15, 0.2) is 0 Å². The highest BCUT2D eigenvalue weighted by Gasteiger charge is 2.11. The molecular weight excluding hydrogens is 502 g/mol. The molecule has 2 N–H and O–H groups in total. The molecule has 0 aliphatic carbocycles. The van der Waals surface area contributed by atoms with Crippen LogP contribution in [0.3, 0.4) is 0 Å². The van der Waals surface area contributed by atoms with E-state index in [4.69, 9.17) is 15.2 Å². The topological polar surface area (TPSA) is 95.7 Å². The summed E-state index contributed by atoms with van der Waals surface area (Å²) >= 11 is 0. The lowest BCUT2D eigenvalue weighted by Gasteiger charge is -2.14. The Labute approximate surface area is 240 Å². The number of rotatable bonds is 28. The molecule has 226 valence electrons. The SMILES string of the molecule is CCCCCCCCCCCC(=O)OCCC(N)CCOC(=O)CCCCC(CC=O)CCCCCC.Cl. The van der Waals surface area contributed by atoms with Crippen LogP contribution in [0, 0.1) is 5.92 Å². The standard InChI is InChI=1S/C31H59NO5.ClH/c1-3-5-7-9-10-11-12-13-15-20-30(34)36-26-23-29(32)24-27-37-31(35)21-17-16-19-28(22-25-33)18-14-8-6-4-2;/h25,28-29H,3-24,26-27,32H2,1-2H3;1H. The molecule has 2 unspecified atom stereocenters. The average Bonchev–Trinajstić information content (AvgIpc) is 2.88. The molecule has 0 spiro atoms. The lowest BCUT2D eigenvalue weighted by Crippen LogP contribution is -2.25. The minimum Gasteiger partial charge on any atom is -0.466 e. The zero-order chi connectivity index (χ0) is 27.4. The van der Waals surface area contributed by atoms with Crippen LogP contribution < -0.4 is 5.73 Å². The Morgan fingerprint density at radius 2 is 1.03 bits per heavy atom. The summed E-state index contributed by atoms with van der Waals surface area (Å²) in [5.74, 6) is 0.120.